The number of thioether (sulfide) groups is 1. The Kier molecular flexibility index (Phi) is 6.05. The summed E-state index contributed by atoms with van der Waals surface area (Å²) in [7, 11) is 0. The minimum absolute atomic E-state index is 0.00225. The second-order valence-electron chi connectivity index (χ2n) is 6.07. The summed E-state index contributed by atoms with van der Waals surface area (Å²) in [6, 6.07) is 3.05. The minimum atomic E-state index is -0.710. The van der Waals surface area contributed by atoms with Gasteiger partial charge in [0.1, 0.15) is 11.6 Å². The van der Waals surface area contributed by atoms with Crippen molar-refractivity contribution in [1.29, 1.82) is 0 Å². The Morgan fingerprint density at radius 3 is 2.78 bits per heavy atom. The van der Waals surface area contributed by atoms with Crippen molar-refractivity contribution in [2.24, 2.45) is 0 Å². The summed E-state index contributed by atoms with van der Waals surface area (Å²) in [6.07, 6.45) is 2.29. The van der Waals surface area contributed by atoms with Crippen molar-refractivity contribution < 1.29 is 18.4 Å². The molecule has 10 heteroatoms. The van der Waals surface area contributed by atoms with Crippen molar-refractivity contribution in [3.8, 4) is 0 Å². The molecule has 27 heavy (non-hydrogen) atoms. The van der Waals surface area contributed by atoms with E-state index in [9.17, 15) is 18.4 Å². The van der Waals surface area contributed by atoms with Crippen LogP contribution in [0.5, 0.6) is 0 Å². The molecule has 0 unspecified atom stereocenters. The smallest absolute Gasteiger partial charge is 0.237 e. The highest BCUT2D eigenvalue weighted by molar-refractivity contribution is 8.02. The molecule has 1 saturated carbocycles. The van der Waals surface area contributed by atoms with Gasteiger partial charge in [-0.3, -0.25) is 14.5 Å². The zero-order chi connectivity index (χ0) is 19.6. The van der Waals surface area contributed by atoms with Crippen LogP contribution in [0, 0.1) is 11.6 Å². The lowest BCUT2D eigenvalue weighted by molar-refractivity contribution is -0.118. The predicted octanol–water partition coefficient (Wildman–Crippen LogP) is 3.84. The van der Waals surface area contributed by atoms with E-state index < -0.39 is 22.8 Å². The number of hydrogen-bond donors (Lipinski definition) is 1. The number of nitrogens with one attached hydrogen (secondary N) is 1. The van der Waals surface area contributed by atoms with Crippen molar-refractivity contribution >= 4 is 45.7 Å². The fraction of sp³-hybridized carbons (Fsp3) is 0.412. The second-order valence-corrected chi connectivity index (χ2v) is 8.62. The number of nitrogens with zero attached hydrogens (tertiary/aromatic N) is 3. The molecule has 1 fully saturated rings. The van der Waals surface area contributed by atoms with E-state index in [0.29, 0.717) is 15.9 Å². The highest BCUT2D eigenvalue weighted by Gasteiger charge is 2.35. The summed E-state index contributed by atoms with van der Waals surface area (Å²) in [5, 5.41) is 10.4. The van der Waals surface area contributed by atoms with Gasteiger partial charge < -0.3 is 5.32 Å². The van der Waals surface area contributed by atoms with Gasteiger partial charge in [-0.2, -0.15) is 0 Å². The summed E-state index contributed by atoms with van der Waals surface area (Å²) in [5.41, 5.74) is -0.209. The Balaban J connectivity index is 1.65. The standard InChI is InChI=1S/C17H18F2N4O2S2/c1-3-14(24)23(11-5-6-11)16-21-22-17(27-16)26-9(2)15(25)20-13-8-10(18)4-7-12(13)19/h4,7-9,11H,3,5-6H2,1-2H3,(H,20,25)/t9-/m0/s1. The van der Waals surface area contributed by atoms with Gasteiger partial charge in [0.2, 0.25) is 16.9 Å². The molecule has 1 aromatic carbocycles. The first-order valence-corrected chi connectivity index (χ1v) is 10.2. The molecule has 3 rings (SSSR count). The number of benzene rings is 1. The third kappa shape index (κ3) is 4.81. The Bertz CT molecular complexity index is 857. The van der Waals surface area contributed by atoms with Gasteiger partial charge in [-0.15, -0.1) is 10.2 Å². The van der Waals surface area contributed by atoms with Crippen LogP contribution in [0.4, 0.5) is 19.6 Å². The van der Waals surface area contributed by atoms with E-state index in [4.69, 9.17) is 0 Å². The maximum Gasteiger partial charge on any atom is 0.237 e. The second kappa shape index (κ2) is 8.30. The molecule has 1 aliphatic carbocycles. The average molecular weight is 412 g/mol. The first-order chi connectivity index (χ1) is 12.9. The molecule has 0 bridgehead atoms. The lowest BCUT2D eigenvalue weighted by Gasteiger charge is -2.17. The molecule has 1 atom stereocenters. The van der Waals surface area contributed by atoms with Crippen molar-refractivity contribution in [2.45, 2.75) is 48.7 Å². The molecule has 2 amide bonds. The highest BCUT2D eigenvalue weighted by Crippen LogP contribution is 2.37. The molecule has 0 spiro atoms. The average Bonchev–Trinajstić information content (AvgIpc) is 3.37. The van der Waals surface area contributed by atoms with Gasteiger partial charge in [-0.25, -0.2) is 8.78 Å². The Morgan fingerprint density at radius 1 is 1.37 bits per heavy atom. The van der Waals surface area contributed by atoms with Gasteiger partial charge in [-0.1, -0.05) is 30.0 Å². The lowest BCUT2D eigenvalue weighted by atomic mass is 10.3. The van der Waals surface area contributed by atoms with Gasteiger partial charge >= 0.3 is 0 Å². The number of aromatic nitrogens is 2. The molecule has 2 aromatic rings. The van der Waals surface area contributed by atoms with E-state index >= 15 is 0 Å². The molecule has 1 heterocycles. The van der Waals surface area contributed by atoms with Gasteiger partial charge in [0.15, 0.2) is 4.34 Å². The molecule has 0 radical (unpaired) electrons. The zero-order valence-corrected chi connectivity index (χ0v) is 16.4. The van der Waals surface area contributed by atoms with Crippen molar-refractivity contribution in [3.63, 3.8) is 0 Å². The summed E-state index contributed by atoms with van der Waals surface area (Å²) in [5.74, 6) is -1.83. The maximum absolute atomic E-state index is 13.7. The van der Waals surface area contributed by atoms with Crippen LogP contribution in [0.2, 0.25) is 0 Å². The van der Waals surface area contributed by atoms with Crippen LogP contribution in [-0.2, 0) is 9.59 Å². The Hall–Kier alpha value is -2.07. The molecular weight excluding hydrogens is 394 g/mol. The molecule has 1 N–H and O–H groups in total. The SMILES string of the molecule is CCC(=O)N(c1nnc(S[C@@H](C)C(=O)Nc2cc(F)ccc2F)s1)C1CC1. The minimum Gasteiger partial charge on any atom is -0.323 e. The molecule has 0 saturated heterocycles. The molecule has 0 aliphatic heterocycles. The van der Waals surface area contributed by atoms with Crippen LogP contribution in [0.25, 0.3) is 0 Å². The quantitative estimate of drug-likeness (QED) is 0.552. The number of anilines is 2. The number of hydrogen-bond acceptors (Lipinski definition) is 6. The van der Waals surface area contributed by atoms with E-state index in [1.54, 1.807) is 18.7 Å². The van der Waals surface area contributed by atoms with E-state index in [1.165, 1.54) is 11.3 Å². The van der Waals surface area contributed by atoms with Gasteiger partial charge in [0.05, 0.1) is 10.9 Å². The zero-order valence-electron chi connectivity index (χ0n) is 14.7. The van der Waals surface area contributed by atoms with Crippen LogP contribution >= 0.6 is 23.1 Å². The molecule has 1 aliphatic rings. The van der Waals surface area contributed by atoms with E-state index in [0.717, 1.165) is 42.8 Å². The van der Waals surface area contributed by atoms with E-state index in [2.05, 4.69) is 15.5 Å². The molecule has 144 valence electrons. The van der Waals surface area contributed by atoms with Crippen LogP contribution in [0.1, 0.15) is 33.1 Å². The molecule has 1 aromatic heterocycles. The summed E-state index contributed by atoms with van der Waals surface area (Å²) in [6.45, 7) is 3.43. The maximum atomic E-state index is 13.7. The summed E-state index contributed by atoms with van der Waals surface area (Å²) in [4.78, 5) is 26.1. The first-order valence-electron chi connectivity index (χ1n) is 8.47. The third-order valence-electron chi connectivity index (χ3n) is 3.92. The number of amides is 2. The first kappa shape index (κ1) is 19.7. The number of rotatable bonds is 7. The number of carbonyl (C=O) groups excluding carboxylic acids is 2. The fourth-order valence-electron chi connectivity index (χ4n) is 2.35. The van der Waals surface area contributed by atoms with Crippen molar-refractivity contribution in [2.75, 3.05) is 10.2 Å². The number of carbonyl (C=O) groups is 2. The topological polar surface area (TPSA) is 75.2 Å². The van der Waals surface area contributed by atoms with Crippen molar-refractivity contribution in [3.05, 3.63) is 29.8 Å². The number of halogens is 2. The monoisotopic (exact) mass is 412 g/mol. The largest absolute Gasteiger partial charge is 0.323 e. The van der Waals surface area contributed by atoms with Crippen LogP contribution in [0.3, 0.4) is 0 Å². The van der Waals surface area contributed by atoms with E-state index in [-0.39, 0.29) is 17.6 Å². The van der Waals surface area contributed by atoms with Gasteiger partial charge in [-0.05, 0) is 31.9 Å². The van der Waals surface area contributed by atoms with Crippen molar-refractivity contribution in [1.82, 2.24) is 10.2 Å². The third-order valence-corrected chi connectivity index (χ3v) is 6.02. The van der Waals surface area contributed by atoms with E-state index in [1.807, 2.05) is 0 Å². The van der Waals surface area contributed by atoms with Gasteiger partial charge in [0.25, 0.3) is 0 Å². The van der Waals surface area contributed by atoms with Gasteiger partial charge in [0, 0.05) is 18.5 Å². The lowest BCUT2D eigenvalue weighted by Crippen LogP contribution is -2.32. The predicted molar refractivity (Wildman–Crippen MR) is 101 cm³/mol. The Labute approximate surface area is 163 Å². The fourth-order valence-corrected chi connectivity index (χ4v) is 4.42. The molecular formula is C17H18F2N4O2S2. The Morgan fingerprint density at radius 2 is 2.11 bits per heavy atom. The normalized spacial score (nSPS) is 14.7. The van der Waals surface area contributed by atoms with Crippen LogP contribution in [0.15, 0.2) is 22.5 Å². The summed E-state index contributed by atoms with van der Waals surface area (Å²) < 4.78 is 27.4. The molecule has 6 nitrogen and oxygen atoms in total. The highest BCUT2D eigenvalue weighted by atomic mass is 32.2. The summed E-state index contributed by atoms with van der Waals surface area (Å²) >= 11 is 2.39. The van der Waals surface area contributed by atoms with Crippen LogP contribution in [-0.4, -0.2) is 33.3 Å². The van der Waals surface area contributed by atoms with Crippen LogP contribution < -0.4 is 10.2 Å².